The van der Waals surface area contributed by atoms with Crippen LogP contribution in [0.4, 0.5) is 5.69 Å². The normalized spacial score (nSPS) is 15.5. The lowest BCUT2D eigenvalue weighted by Gasteiger charge is -2.33. The van der Waals surface area contributed by atoms with Crippen molar-refractivity contribution in [3.05, 3.63) is 78.6 Å². The Balaban J connectivity index is 1.71. The third-order valence-corrected chi connectivity index (χ3v) is 5.85. The summed E-state index contributed by atoms with van der Waals surface area (Å²) in [5.74, 6) is 0. The molecule has 1 aliphatic heterocycles. The maximum atomic E-state index is 9.94. The number of benzene rings is 3. The number of rotatable bonds is 4. The van der Waals surface area contributed by atoms with Crippen LogP contribution in [0.1, 0.15) is 18.6 Å². The zero-order valence-electron chi connectivity index (χ0n) is 17.1. The van der Waals surface area contributed by atoms with Gasteiger partial charge >= 0.3 is 0 Å². The molecule has 30 heavy (non-hydrogen) atoms. The Labute approximate surface area is 176 Å². The number of anilines is 1. The van der Waals surface area contributed by atoms with Gasteiger partial charge in [0.1, 0.15) is 6.33 Å². The molecule has 1 atom stereocenters. The summed E-state index contributed by atoms with van der Waals surface area (Å²) < 4.78 is 2.17. The minimum Gasteiger partial charge on any atom is -0.389 e. The molecule has 5 rings (SSSR count). The molecule has 2 N–H and O–H groups in total. The molecular weight excluding hydrogens is 372 g/mol. The highest BCUT2D eigenvalue weighted by Crippen LogP contribution is 2.37. The van der Waals surface area contributed by atoms with E-state index < -0.39 is 6.10 Å². The Morgan fingerprint density at radius 1 is 0.967 bits per heavy atom. The van der Waals surface area contributed by atoms with Gasteiger partial charge in [0.05, 0.1) is 28.5 Å². The average molecular weight is 399 g/mol. The number of imidazole rings is 1. The highest BCUT2D eigenvalue weighted by Gasteiger charge is 2.21. The molecule has 0 aliphatic carbocycles. The first-order chi connectivity index (χ1) is 14.7. The third kappa shape index (κ3) is 3.36. The zero-order valence-corrected chi connectivity index (χ0v) is 17.1. The summed E-state index contributed by atoms with van der Waals surface area (Å²) in [6, 6.07) is 23.1. The summed E-state index contributed by atoms with van der Waals surface area (Å²) in [7, 11) is 0. The standard InChI is InChI=1S/C25H26N4O/c1-18(30)20-10-11-23-22(16-20)27-17-29(23)24-9-5-8-21(19-6-3-2-4-7-19)25(24)28-14-12-26-13-15-28/h2-11,16-18,26,30H,12-15H2,1H3/t18-/m0/s1. The molecule has 1 saturated heterocycles. The molecule has 4 aromatic rings. The Kier molecular flexibility index (Phi) is 4.99. The molecule has 5 heteroatoms. The molecule has 1 aromatic heterocycles. The minimum absolute atomic E-state index is 0.502. The van der Waals surface area contributed by atoms with Crippen LogP contribution >= 0.6 is 0 Å². The van der Waals surface area contributed by atoms with Crippen molar-refractivity contribution in [2.75, 3.05) is 31.1 Å². The van der Waals surface area contributed by atoms with E-state index in [1.165, 1.54) is 16.8 Å². The van der Waals surface area contributed by atoms with Crippen LogP contribution in [0.25, 0.3) is 27.8 Å². The van der Waals surface area contributed by atoms with Crippen molar-refractivity contribution in [1.29, 1.82) is 0 Å². The number of aliphatic hydroxyl groups excluding tert-OH is 1. The van der Waals surface area contributed by atoms with Crippen LogP contribution in [-0.2, 0) is 0 Å². The fraction of sp³-hybridized carbons (Fsp3) is 0.240. The van der Waals surface area contributed by atoms with Gasteiger partial charge in [0.15, 0.2) is 0 Å². The van der Waals surface area contributed by atoms with E-state index in [0.717, 1.165) is 48.5 Å². The lowest BCUT2D eigenvalue weighted by molar-refractivity contribution is 0.199. The Hall–Kier alpha value is -3.15. The van der Waals surface area contributed by atoms with Crippen molar-refractivity contribution in [2.45, 2.75) is 13.0 Å². The smallest absolute Gasteiger partial charge is 0.100 e. The molecule has 1 aliphatic rings. The number of piperazine rings is 1. The topological polar surface area (TPSA) is 53.3 Å². The second kappa shape index (κ2) is 7.94. The van der Waals surface area contributed by atoms with Gasteiger partial charge < -0.3 is 15.3 Å². The van der Waals surface area contributed by atoms with Crippen LogP contribution in [0, 0.1) is 0 Å². The van der Waals surface area contributed by atoms with E-state index in [-0.39, 0.29) is 0 Å². The summed E-state index contributed by atoms with van der Waals surface area (Å²) in [4.78, 5) is 7.12. The van der Waals surface area contributed by atoms with Crippen LogP contribution in [0.2, 0.25) is 0 Å². The second-order valence-corrected chi connectivity index (χ2v) is 7.82. The Bertz CT molecular complexity index is 1160. The number of nitrogens with zero attached hydrogens (tertiary/aromatic N) is 3. The molecule has 0 unspecified atom stereocenters. The van der Waals surface area contributed by atoms with E-state index in [1.54, 1.807) is 6.92 Å². The van der Waals surface area contributed by atoms with E-state index in [0.29, 0.717) is 0 Å². The van der Waals surface area contributed by atoms with Crippen molar-refractivity contribution >= 4 is 16.7 Å². The van der Waals surface area contributed by atoms with E-state index in [9.17, 15) is 5.11 Å². The number of para-hydroxylation sites is 1. The number of fused-ring (bicyclic) bond motifs is 1. The molecule has 3 aromatic carbocycles. The maximum absolute atomic E-state index is 9.94. The van der Waals surface area contributed by atoms with Gasteiger partial charge in [-0.25, -0.2) is 4.98 Å². The zero-order chi connectivity index (χ0) is 20.5. The highest BCUT2D eigenvalue weighted by atomic mass is 16.3. The summed E-state index contributed by atoms with van der Waals surface area (Å²) in [6.07, 6.45) is 1.39. The molecule has 5 nitrogen and oxygen atoms in total. The lowest BCUT2D eigenvalue weighted by Crippen LogP contribution is -2.44. The van der Waals surface area contributed by atoms with Gasteiger partial charge in [-0.15, -0.1) is 0 Å². The van der Waals surface area contributed by atoms with E-state index in [1.807, 2.05) is 18.5 Å². The molecule has 152 valence electrons. The first kappa shape index (κ1) is 18.9. The van der Waals surface area contributed by atoms with Gasteiger partial charge in [-0.2, -0.15) is 0 Å². The van der Waals surface area contributed by atoms with Crippen LogP contribution in [0.5, 0.6) is 0 Å². The number of aliphatic hydroxyl groups is 1. The summed E-state index contributed by atoms with van der Waals surface area (Å²) >= 11 is 0. The number of aromatic nitrogens is 2. The summed E-state index contributed by atoms with van der Waals surface area (Å²) in [5, 5.41) is 13.4. The van der Waals surface area contributed by atoms with Crippen molar-refractivity contribution in [3.63, 3.8) is 0 Å². The largest absolute Gasteiger partial charge is 0.389 e. The van der Waals surface area contributed by atoms with Gasteiger partial charge in [0.25, 0.3) is 0 Å². The maximum Gasteiger partial charge on any atom is 0.100 e. The van der Waals surface area contributed by atoms with Gasteiger partial charge in [-0.05, 0) is 36.2 Å². The molecule has 0 amide bonds. The minimum atomic E-state index is -0.502. The van der Waals surface area contributed by atoms with E-state index in [4.69, 9.17) is 0 Å². The van der Waals surface area contributed by atoms with Gasteiger partial charge in [0, 0.05) is 31.7 Å². The molecule has 0 radical (unpaired) electrons. The summed E-state index contributed by atoms with van der Waals surface area (Å²) in [5.41, 5.74) is 7.64. The monoisotopic (exact) mass is 398 g/mol. The van der Waals surface area contributed by atoms with Gasteiger partial charge in [-0.1, -0.05) is 48.5 Å². The lowest BCUT2D eigenvalue weighted by atomic mass is 10.0. The predicted octanol–water partition coefficient (Wildman–Crippen LogP) is 4.16. The SMILES string of the molecule is C[C@H](O)c1ccc2c(c1)ncn2-c1cccc(-c2ccccc2)c1N1CCNCC1. The Morgan fingerprint density at radius 3 is 2.53 bits per heavy atom. The predicted molar refractivity (Wildman–Crippen MR) is 122 cm³/mol. The van der Waals surface area contributed by atoms with Crippen molar-refractivity contribution in [2.24, 2.45) is 0 Å². The average Bonchev–Trinajstić information content (AvgIpc) is 3.23. The Morgan fingerprint density at radius 2 is 1.77 bits per heavy atom. The molecule has 0 spiro atoms. The fourth-order valence-corrected chi connectivity index (χ4v) is 4.28. The van der Waals surface area contributed by atoms with Gasteiger partial charge in [0.2, 0.25) is 0 Å². The first-order valence-corrected chi connectivity index (χ1v) is 10.5. The highest BCUT2D eigenvalue weighted by molar-refractivity contribution is 5.88. The van der Waals surface area contributed by atoms with E-state index in [2.05, 4.69) is 74.4 Å². The van der Waals surface area contributed by atoms with Crippen LogP contribution < -0.4 is 10.2 Å². The molecular formula is C25H26N4O. The van der Waals surface area contributed by atoms with Crippen molar-refractivity contribution in [1.82, 2.24) is 14.9 Å². The number of nitrogens with one attached hydrogen (secondary N) is 1. The number of hydrogen-bond acceptors (Lipinski definition) is 4. The first-order valence-electron chi connectivity index (χ1n) is 10.5. The quantitative estimate of drug-likeness (QED) is 0.542. The van der Waals surface area contributed by atoms with Crippen molar-refractivity contribution in [3.8, 4) is 16.8 Å². The molecule has 2 heterocycles. The second-order valence-electron chi connectivity index (χ2n) is 7.82. The van der Waals surface area contributed by atoms with Crippen LogP contribution in [0.3, 0.4) is 0 Å². The summed E-state index contributed by atoms with van der Waals surface area (Å²) in [6.45, 7) is 5.67. The van der Waals surface area contributed by atoms with Crippen LogP contribution in [0.15, 0.2) is 73.1 Å². The van der Waals surface area contributed by atoms with Crippen molar-refractivity contribution < 1.29 is 5.11 Å². The molecule has 0 bridgehead atoms. The van der Waals surface area contributed by atoms with Gasteiger partial charge in [-0.3, -0.25) is 4.57 Å². The molecule has 0 saturated carbocycles. The number of hydrogen-bond donors (Lipinski definition) is 2. The van der Waals surface area contributed by atoms with E-state index >= 15 is 0 Å². The fourth-order valence-electron chi connectivity index (χ4n) is 4.28. The third-order valence-electron chi connectivity index (χ3n) is 5.85. The van der Waals surface area contributed by atoms with Crippen LogP contribution in [-0.4, -0.2) is 40.8 Å². The molecule has 1 fully saturated rings.